The van der Waals surface area contributed by atoms with E-state index in [1.54, 1.807) is 0 Å². The van der Waals surface area contributed by atoms with E-state index in [1.807, 2.05) is 0 Å². The van der Waals surface area contributed by atoms with Gasteiger partial charge in [-0.2, -0.15) is 0 Å². The van der Waals surface area contributed by atoms with E-state index >= 15 is 0 Å². The molecule has 13 aliphatic rings. The van der Waals surface area contributed by atoms with Crippen LogP contribution in [0, 0.1) is 0 Å². The van der Waals surface area contributed by atoms with Gasteiger partial charge in [0.05, 0.1) is 85.9 Å². The Bertz CT molecular complexity index is 3890. The van der Waals surface area contributed by atoms with E-state index in [9.17, 15) is 209 Å². The predicted molar refractivity (Wildman–Crippen MR) is 428 cm³/mol. The summed E-state index contributed by atoms with van der Waals surface area (Å²) in [5.74, 6) is -38.2. The van der Waals surface area contributed by atoms with Crippen molar-refractivity contribution in [3.63, 3.8) is 0 Å². The molecule has 13 saturated heterocycles. The lowest BCUT2D eigenvalue weighted by atomic mass is 9.99. The standard InChI is InChI=1S/C78H132O66/c79-1-26-39(93)52(106)53(107)66(131-26)144-78(65(119)51(105)38(13-91)143-78)25-130-77(64(118)50(104)37(12-90)142-77)24-129-76(63(117)49(103)36(11-89)141-76)23-128-75(62(116)48(102)35(10-88)140-75)22-127-74(61(115)47(101)34(9-87)139-74)21-126-73(60(114)46(100)33(8-86)138-73)20-125-72(59(113)45(99)32(7-85)137-72)19-124-71(58(112)44(98)31(6-84)136-71)18-123-70(57(111)43(97)30(5-83)135-70)17-122-69(56(110)42(96)29(4-82)134-69)16-121-68(55(109)41(95)28(3-81)133-68)15-120-67(14-92)54(108)40(94)27(2-80)132-67/h26-66,79-119H,1-25H2/t26-,27-,28-,29-,30-,31-,32-,33-,34-,35-,36-,37-,38-,39-,40-,41-,42-,43-,44-,45-,46-,47-,48-,49-,50-,51-,52+,53-,54+,55+,56+,57+,58+,59+,60+,61+,62+,63+,64+,65+,66-,67?,68?,69?,70?,71?,72-,73-,74-,75-,76-,77-,78+/m1/s1. The summed E-state index contributed by atoms with van der Waals surface area (Å²) in [7, 11) is 0. The van der Waals surface area contributed by atoms with Crippen LogP contribution in [-0.2, 0) is 118 Å². The van der Waals surface area contributed by atoms with E-state index in [0.29, 0.717) is 0 Å². The lowest BCUT2D eigenvalue weighted by Crippen LogP contribution is -2.64. The van der Waals surface area contributed by atoms with Crippen molar-refractivity contribution in [2.45, 2.75) is 320 Å². The number of aliphatic hydroxyl groups is 41. The number of ether oxygens (including phenoxy) is 25. The summed E-state index contributed by atoms with van der Waals surface area (Å²) in [6, 6.07) is 0. The third-order valence-corrected chi connectivity index (χ3v) is 28.3. The summed E-state index contributed by atoms with van der Waals surface area (Å²) in [5, 5.41) is 459. The van der Waals surface area contributed by atoms with Crippen LogP contribution in [-0.4, -0.2) is 694 Å². The molecule has 13 heterocycles. The monoisotopic (exact) mass is 2120 g/mol. The molecule has 66 heteroatoms. The van der Waals surface area contributed by atoms with Crippen LogP contribution in [0.1, 0.15) is 0 Å². The van der Waals surface area contributed by atoms with Gasteiger partial charge in [-0.15, -0.1) is 0 Å². The molecular formula is C78H132O66. The zero-order chi connectivity index (χ0) is 106. The molecule has 53 atom stereocenters. The summed E-state index contributed by atoms with van der Waals surface area (Å²) >= 11 is 0. The summed E-state index contributed by atoms with van der Waals surface area (Å²) < 4.78 is 148. The molecule has 13 aliphatic heterocycles. The fourth-order valence-electron chi connectivity index (χ4n) is 19.2. The Morgan fingerprint density at radius 1 is 0.139 bits per heavy atom. The van der Waals surface area contributed by atoms with E-state index in [0.717, 1.165) is 0 Å². The van der Waals surface area contributed by atoms with Crippen LogP contribution >= 0.6 is 0 Å². The largest absolute Gasteiger partial charge is 0.394 e. The quantitative estimate of drug-likeness (QED) is 0.0269. The molecule has 0 amide bonds. The van der Waals surface area contributed by atoms with E-state index in [4.69, 9.17) is 118 Å². The second kappa shape index (κ2) is 46.4. The Labute approximate surface area is 810 Å². The first-order valence-electron chi connectivity index (χ1n) is 45.4. The normalized spacial score (nSPS) is 52.9. The van der Waals surface area contributed by atoms with Crippen LogP contribution in [0.2, 0.25) is 0 Å². The summed E-state index contributed by atoms with van der Waals surface area (Å²) in [6.07, 6.45) is -92.9. The highest BCUT2D eigenvalue weighted by Crippen LogP contribution is 2.51. The molecule has 0 spiro atoms. The molecule has 13 rings (SSSR count). The highest BCUT2D eigenvalue weighted by atomic mass is 16.9. The van der Waals surface area contributed by atoms with Crippen molar-refractivity contribution in [2.24, 2.45) is 0 Å². The topological polar surface area (TPSA) is 1060 Å². The molecular weight excluding hydrogens is 1990 g/mol. The predicted octanol–water partition coefficient (Wildman–Crippen LogP) is -29.3. The molecule has 144 heavy (non-hydrogen) atoms. The minimum atomic E-state index is -3.34. The minimum Gasteiger partial charge on any atom is -0.394 e. The molecule has 0 aromatic carbocycles. The number of hydrogen-bond donors (Lipinski definition) is 41. The highest BCUT2D eigenvalue weighted by molar-refractivity contribution is 5.12. The van der Waals surface area contributed by atoms with E-state index in [1.165, 1.54) is 0 Å². The van der Waals surface area contributed by atoms with Gasteiger partial charge < -0.3 is 328 Å². The lowest BCUT2D eigenvalue weighted by molar-refractivity contribution is -0.407. The Balaban J connectivity index is 0.790. The van der Waals surface area contributed by atoms with Gasteiger partial charge in [0.15, 0.2) is 6.29 Å². The van der Waals surface area contributed by atoms with E-state index < -0.39 is 485 Å². The molecule has 5 unspecified atom stereocenters. The zero-order valence-corrected chi connectivity index (χ0v) is 75.9. The third-order valence-electron chi connectivity index (χ3n) is 28.3. The van der Waals surface area contributed by atoms with Crippen LogP contribution in [0.25, 0.3) is 0 Å². The van der Waals surface area contributed by atoms with Gasteiger partial charge in [0, 0.05) is 0 Å². The zero-order valence-electron chi connectivity index (χ0n) is 75.9. The minimum absolute atomic E-state index is 0.995. The summed E-state index contributed by atoms with van der Waals surface area (Å²) in [4.78, 5) is 0. The van der Waals surface area contributed by atoms with Crippen LogP contribution in [0.15, 0.2) is 0 Å². The second-order valence-electron chi connectivity index (χ2n) is 37.2. The average Bonchev–Trinajstić information content (AvgIpc) is 1.59. The van der Waals surface area contributed by atoms with Crippen LogP contribution in [0.5, 0.6) is 0 Å². The molecule has 66 nitrogen and oxygen atoms in total. The molecule has 0 saturated carbocycles. The van der Waals surface area contributed by atoms with Gasteiger partial charge >= 0.3 is 0 Å². The first-order chi connectivity index (χ1) is 67.9. The Kier molecular flexibility index (Phi) is 38.2. The fraction of sp³-hybridized carbons (Fsp3) is 1.00. The maximum atomic E-state index is 12.3. The maximum absolute atomic E-state index is 12.3. The van der Waals surface area contributed by atoms with Gasteiger partial charge in [0.2, 0.25) is 69.4 Å². The second-order valence-corrected chi connectivity index (χ2v) is 37.2. The Hall–Kier alpha value is -2.64. The number of rotatable bonds is 49. The molecule has 840 valence electrons. The van der Waals surface area contributed by atoms with E-state index in [2.05, 4.69) is 0 Å². The maximum Gasteiger partial charge on any atom is 0.224 e. The van der Waals surface area contributed by atoms with Crippen molar-refractivity contribution < 1.29 is 328 Å². The van der Waals surface area contributed by atoms with Crippen LogP contribution in [0.3, 0.4) is 0 Å². The smallest absolute Gasteiger partial charge is 0.224 e. The summed E-state index contributed by atoms with van der Waals surface area (Å²) in [5.41, 5.74) is 0. The van der Waals surface area contributed by atoms with Crippen molar-refractivity contribution in [2.75, 3.05) is 165 Å². The van der Waals surface area contributed by atoms with Crippen LogP contribution in [0.4, 0.5) is 0 Å². The van der Waals surface area contributed by atoms with Crippen molar-refractivity contribution in [3.05, 3.63) is 0 Å². The third kappa shape index (κ3) is 21.0. The fourth-order valence-corrected chi connectivity index (χ4v) is 19.2. The van der Waals surface area contributed by atoms with Crippen molar-refractivity contribution in [3.8, 4) is 0 Å². The Morgan fingerprint density at radius 2 is 0.264 bits per heavy atom. The van der Waals surface area contributed by atoms with Gasteiger partial charge in [-0.05, 0) is 0 Å². The molecule has 0 aromatic rings. The van der Waals surface area contributed by atoms with Gasteiger partial charge in [0.25, 0.3) is 0 Å². The van der Waals surface area contributed by atoms with Crippen molar-refractivity contribution in [1.82, 2.24) is 0 Å². The van der Waals surface area contributed by atoms with Gasteiger partial charge in [0.1, 0.15) is 323 Å². The molecule has 41 N–H and O–H groups in total. The van der Waals surface area contributed by atoms with Crippen LogP contribution < -0.4 is 0 Å². The molecule has 0 bridgehead atoms. The lowest BCUT2D eigenvalue weighted by Gasteiger charge is -2.45. The molecule has 0 radical (unpaired) electrons. The SMILES string of the molecule is OC[C@H]1OC(CO)(OCC2(OCC3(OCC4(OCC5(OC[C@@]6(OC[C@@]7(OC[C@@]8(OC[C@@]9(OC[C@@]%10(OC[C@@]%11(OC[C@@]%12(O[C@H]%13O[C@H](CO)[C@@H](O)[C@H](O)[C@H]%13O)O[C@H](CO)[C@@H](O)[C@@H]%12O)O[C@H](CO)[C@@H](O)[C@@H]%11O)O[C@H](CO)[C@@H](O)[C@@H]%10O)O[C@H](CO)[C@@H](O)[C@@H]9O)O[C@H](CO)[C@@H](O)[C@@H]8O)O[C@H](CO)[C@@H](O)[C@@H]7O)O[C@H](CO)[C@@H](O)[C@@H]6O)O[C@H](CO)[C@@H](O)[C@@H]5O)O[C@H](CO)[C@@H](O)[C@@H]4O)O[C@H](CO)[C@@H](O)[C@@H]3O)O[C@H](CO)[C@@H](O)[C@@H]2O)[C@@H](O)[C@@H]1O. The van der Waals surface area contributed by atoms with Crippen molar-refractivity contribution in [1.29, 1.82) is 0 Å². The van der Waals surface area contributed by atoms with Crippen molar-refractivity contribution >= 4 is 0 Å². The Morgan fingerprint density at radius 3 is 0.410 bits per heavy atom. The first kappa shape index (κ1) is 118. The van der Waals surface area contributed by atoms with Gasteiger partial charge in [-0.25, -0.2) is 0 Å². The van der Waals surface area contributed by atoms with Gasteiger partial charge in [-0.3, -0.25) is 0 Å². The number of aliphatic hydroxyl groups excluding tert-OH is 41. The highest BCUT2D eigenvalue weighted by Gasteiger charge is 2.73. The molecule has 0 aliphatic carbocycles. The average molecular weight is 2130 g/mol. The molecule has 13 fully saturated rings. The molecule has 0 aromatic heterocycles. The summed E-state index contributed by atoms with van der Waals surface area (Å²) in [6.45, 7) is -34.8. The van der Waals surface area contributed by atoms with Gasteiger partial charge in [-0.1, -0.05) is 0 Å². The van der Waals surface area contributed by atoms with E-state index in [-0.39, 0.29) is 0 Å². The number of hydrogen-bond acceptors (Lipinski definition) is 66. The first-order valence-corrected chi connectivity index (χ1v) is 45.4.